The van der Waals surface area contributed by atoms with Crippen molar-refractivity contribution in [1.82, 2.24) is 0 Å². The Morgan fingerprint density at radius 1 is 1.32 bits per heavy atom. The van der Waals surface area contributed by atoms with Crippen molar-refractivity contribution in [3.8, 4) is 0 Å². The maximum atomic E-state index is 14.6. The monoisotopic (exact) mass is 345 g/mol. The van der Waals surface area contributed by atoms with E-state index in [0.717, 1.165) is 25.3 Å². The Balaban J connectivity index is 2.35. The van der Waals surface area contributed by atoms with Crippen molar-refractivity contribution in [2.45, 2.75) is 47.0 Å². The second-order valence-corrected chi connectivity index (χ2v) is 7.32. The van der Waals surface area contributed by atoms with E-state index in [1.165, 1.54) is 23.3 Å². The molecule has 134 valence electrons. The van der Waals surface area contributed by atoms with Gasteiger partial charge in [-0.2, -0.15) is 0 Å². The Labute approximate surface area is 148 Å². The van der Waals surface area contributed by atoms with Gasteiger partial charge in [-0.3, -0.25) is 4.79 Å². The molecule has 2 nitrogen and oxygen atoms in total. The molecule has 0 atom stereocenters. The Morgan fingerprint density at radius 2 is 2.00 bits per heavy atom. The summed E-state index contributed by atoms with van der Waals surface area (Å²) in [5.74, 6) is -2.18. The first-order valence-corrected chi connectivity index (χ1v) is 8.48. The normalized spacial score (nSPS) is 18.5. The first-order valence-electron chi connectivity index (χ1n) is 8.48. The van der Waals surface area contributed by atoms with Crippen LogP contribution in [-0.2, 0) is 0 Å². The molecule has 0 saturated heterocycles. The molecule has 0 bridgehead atoms. The number of halogens is 2. The van der Waals surface area contributed by atoms with E-state index in [-0.39, 0.29) is 16.5 Å². The van der Waals surface area contributed by atoms with E-state index in [1.54, 1.807) is 13.0 Å². The van der Waals surface area contributed by atoms with E-state index in [4.69, 9.17) is 5.73 Å². The number of primary amides is 1. The smallest absolute Gasteiger partial charge is 0.248 e. The highest BCUT2D eigenvalue weighted by atomic mass is 19.1. The van der Waals surface area contributed by atoms with Crippen LogP contribution in [0, 0.1) is 11.2 Å². The summed E-state index contributed by atoms with van der Waals surface area (Å²) in [6.07, 6.45) is 6.95. The fourth-order valence-corrected chi connectivity index (χ4v) is 3.35. The Hall–Kier alpha value is -2.23. The summed E-state index contributed by atoms with van der Waals surface area (Å²) in [6, 6.07) is 3.54. The van der Waals surface area contributed by atoms with Crippen molar-refractivity contribution in [3.05, 3.63) is 64.0 Å². The van der Waals surface area contributed by atoms with Crippen LogP contribution in [0.5, 0.6) is 0 Å². The van der Waals surface area contributed by atoms with Gasteiger partial charge in [0.2, 0.25) is 5.91 Å². The topological polar surface area (TPSA) is 43.1 Å². The Bertz CT molecular complexity index is 785. The Kier molecular flexibility index (Phi) is 5.61. The lowest BCUT2D eigenvalue weighted by Gasteiger charge is -2.33. The molecule has 1 amide bonds. The summed E-state index contributed by atoms with van der Waals surface area (Å²) in [5, 5.41) is 0. The highest BCUT2D eigenvalue weighted by Gasteiger charge is 2.26. The zero-order valence-electron chi connectivity index (χ0n) is 15.2. The van der Waals surface area contributed by atoms with Gasteiger partial charge in [-0.05, 0) is 67.9 Å². The molecule has 0 unspecified atom stereocenters. The van der Waals surface area contributed by atoms with Crippen molar-refractivity contribution in [2.75, 3.05) is 0 Å². The summed E-state index contributed by atoms with van der Waals surface area (Å²) in [5.41, 5.74) is 7.90. The van der Waals surface area contributed by atoms with Gasteiger partial charge in [-0.25, -0.2) is 8.78 Å². The van der Waals surface area contributed by atoms with Crippen LogP contribution >= 0.6 is 0 Å². The molecule has 0 saturated carbocycles. The third kappa shape index (κ3) is 4.25. The molecule has 0 radical (unpaired) electrons. The third-order valence-electron chi connectivity index (χ3n) is 4.88. The van der Waals surface area contributed by atoms with Crippen LogP contribution in [-0.4, -0.2) is 5.91 Å². The van der Waals surface area contributed by atoms with Crippen molar-refractivity contribution in [2.24, 2.45) is 11.1 Å². The van der Waals surface area contributed by atoms with E-state index in [0.29, 0.717) is 5.57 Å². The Morgan fingerprint density at radius 3 is 2.56 bits per heavy atom. The standard InChI is InChI=1S/C21H25F2NO/c1-13-6-5-11-21(3,4)17(13)10-7-14(2)19(23)16-9-8-15(20(24)25)12-18(16)22/h7-10,12H,5-6,11H2,1-4H3,(H2,24,25). The van der Waals surface area contributed by atoms with Crippen molar-refractivity contribution >= 4 is 11.7 Å². The van der Waals surface area contributed by atoms with Crippen molar-refractivity contribution in [3.63, 3.8) is 0 Å². The quantitative estimate of drug-likeness (QED) is 0.698. The molecule has 0 aromatic heterocycles. The van der Waals surface area contributed by atoms with E-state index in [1.807, 2.05) is 6.08 Å². The maximum Gasteiger partial charge on any atom is 0.248 e. The molecule has 0 spiro atoms. The number of allylic oxidation sites excluding steroid dienone is 5. The van der Waals surface area contributed by atoms with Crippen LogP contribution in [0.25, 0.3) is 5.83 Å². The molecule has 2 N–H and O–H groups in total. The molecule has 2 rings (SSSR count). The minimum atomic E-state index is -0.796. The zero-order chi connectivity index (χ0) is 18.8. The molecule has 25 heavy (non-hydrogen) atoms. The lowest BCUT2D eigenvalue weighted by Crippen LogP contribution is -2.19. The number of nitrogens with two attached hydrogens (primary N) is 1. The molecular formula is C21H25F2NO. The van der Waals surface area contributed by atoms with Crippen molar-refractivity contribution < 1.29 is 13.6 Å². The first kappa shape index (κ1) is 19.1. The van der Waals surface area contributed by atoms with Gasteiger partial charge in [-0.15, -0.1) is 0 Å². The number of benzene rings is 1. The molecular weight excluding hydrogens is 320 g/mol. The largest absolute Gasteiger partial charge is 0.366 e. The zero-order valence-corrected chi connectivity index (χ0v) is 15.2. The van der Waals surface area contributed by atoms with Crippen LogP contribution in [0.4, 0.5) is 8.78 Å². The average molecular weight is 345 g/mol. The van der Waals surface area contributed by atoms with E-state index in [2.05, 4.69) is 20.8 Å². The number of carbonyl (C=O) groups excluding carboxylic acids is 1. The first-order chi connectivity index (χ1) is 11.6. The van der Waals surface area contributed by atoms with Gasteiger partial charge in [0.1, 0.15) is 11.6 Å². The van der Waals surface area contributed by atoms with Gasteiger partial charge in [0, 0.05) is 11.1 Å². The van der Waals surface area contributed by atoms with Gasteiger partial charge in [0.05, 0.1) is 0 Å². The minimum Gasteiger partial charge on any atom is -0.366 e. The second-order valence-electron chi connectivity index (χ2n) is 7.32. The SMILES string of the molecule is CC(C=CC1=C(C)CCCC1(C)C)=C(F)c1ccc(C(N)=O)cc1F. The summed E-state index contributed by atoms with van der Waals surface area (Å²) in [6.45, 7) is 8.09. The van der Waals surface area contributed by atoms with E-state index < -0.39 is 17.6 Å². The molecule has 0 heterocycles. The fourth-order valence-electron chi connectivity index (χ4n) is 3.35. The summed E-state index contributed by atoms with van der Waals surface area (Å²) >= 11 is 0. The lowest BCUT2D eigenvalue weighted by molar-refractivity contribution is 0.1000. The molecule has 0 aliphatic heterocycles. The maximum absolute atomic E-state index is 14.6. The molecule has 1 aliphatic rings. The average Bonchev–Trinajstić information content (AvgIpc) is 2.52. The minimum absolute atomic E-state index is 0.0204. The van der Waals surface area contributed by atoms with Gasteiger partial charge >= 0.3 is 0 Å². The van der Waals surface area contributed by atoms with Gasteiger partial charge in [-0.1, -0.05) is 31.6 Å². The van der Waals surface area contributed by atoms with Gasteiger partial charge < -0.3 is 5.73 Å². The second kappa shape index (κ2) is 7.34. The lowest BCUT2D eigenvalue weighted by atomic mass is 9.72. The highest BCUT2D eigenvalue weighted by molar-refractivity contribution is 5.93. The predicted molar refractivity (Wildman–Crippen MR) is 98.1 cm³/mol. The van der Waals surface area contributed by atoms with Gasteiger partial charge in [0.25, 0.3) is 0 Å². The predicted octanol–water partition coefficient (Wildman–Crippen LogP) is 5.71. The number of rotatable bonds is 4. The van der Waals surface area contributed by atoms with Crippen LogP contribution in [0.15, 0.2) is 47.1 Å². The fraction of sp³-hybridized carbons (Fsp3) is 0.381. The van der Waals surface area contributed by atoms with Crippen LogP contribution in [0.2, 0.25) is 0 Å². The number of carbonyl (C=O) groups is 1. The van der Waals surface area contributed by atoms with Crippen LogP contribution in [0.3, 0.4) is 0 Å². The third-order valence-corrected chi connectivity index (χ3v) is 4.88. The number of amides is 1. The van der Waals surface area contributed by atoms with Crippen molar-refractivity contribution in [1.29, 1.82) is 0 Å². The summed E-state index contributed by atoms with van der Waals surface area (Å²) in [7, 11) is 0. The summed E-state index contributed by atoms with van der Waals surface area (Å²) < 4.78 is 28.7. The molecule has 1 aliphatic carbocycles. The molecule has 1 aromatic rings. The molecule has 1 aromatic carbocycles. The van der Waals surface area contributed by atoms with E-state index >= 15 is 0 Å². The molecule has 0 fully saturated rings. The van der Waals surface area contributed by atoms with Crippen LogP contribution in [0.1, 0.15) is 62.9 Å². The highest BCUT2D eigenvalue weighted by Crippen LogP contribution is 2.41. The molecule has 4 heteroatoms. The van der Waals surface area contributed by atoms with Gasteiger partial charge in [0.15, 0.2) is 0 Å². The van der Waals surface area contributed by atoms with Crippen LogP contribution < -0.4 is 5.73 Å². The van der Waals surface area contributed by atoms with E-state index in [9.17, 15) is 13.6 Å². The summed E-state index contributed by atoms with van der Waals surface area (Å²) in [4.78, 5) is 11.1. The number of hydrogen-bond acceptors (Lipinski definition) is 1. The number of hydrogen-bond donors (Lipinski definition) is 1.